The SMILES string of the molecule is [B]N1CCN([B])C(CC(=O)O)C1C. The molecule has 1 heterocycles. The molecule has 1 aliphatic heterocycles. The van der Waals surface area contributed by atoms with Crippen LogP contribution in [-0.4, -0.2) is 61.8 Å². The Morgan fingerprint density at radius 3 is 2.54 bits per heavy atom. The van der Waals surface area contributed by atoms with E-state index in [-0.39, 0.29) is 18.5 Å². The summed E-state index contributed by atoms with van der Waals surface area (Å²) in [6.07, 6.45) is 0.0331. The van der Waals surface area contributed by atoms with Crippen molar-refractivity contribution in [2.75, 3.05) is 13.1 Å². The fourth-order valence-electron chi connectivity index (χ4n) is 1.57. The molecule has 1 aliphatic rings. The highest BCUT2D eigenvalue weighted by molar-refractivity contribution is 6.06. The van der Waals surface area contributed by atoms with Crippen molar-refractivity contribution in [2.45, 2.75) is 25.4 Å². The average Bonchev–Trinajstić information content (AvgIpc) is 2.05. The Balaban J connectivity index is 2.60. The standard InChI is InChI=1S/C7H12B2N2O2/c1-5-6(4-7(12)13)11(9)3-2-10(5)8/h5-6H,2-4H2,1H3,(H,12,13). The number of carbonyl (C=O) groups is 1. The third kappa shape index (κ3) is 2.48. The molecular formula is C7H12B2N2O2. The Morgan fingerprint density at radius 1 is 1.46 bits per heavy atom. The van der Waals surface area contributed by atoms with Gasteiger partial charge >= 0.3 is 5.97 Å². The fourth-order valence-corrected chi connectivity index (χ4v) is 1.57. The van der Waals surface area contributed by atoms with Crippen LogP contribution < -0.4 is 0 Å². The highest BCUT2D eigenvalue weighted by Gasteiger charge is 2.29. The number of piperazine rings is 1. The maximum absolute atomic E-state index is 10.5. The van der Waals surface area contributed by atoms with Crippen molar-refractivity contribution in [2.24, 2.45) is 0 Å². The third-order valence-corrected chi connectivity index (χ3v) is 2.51. The Bertz CT molecular complexity index is 203. The number of carboxylic acid groups (broad SMARTS) is 1. The zero-order valence-corrected chi connectivity index (χ0v) is 7.68. The van der Waals surface area contributed by atoms with Gasteiger partial charge in [0.2, 0.25) is 0 Å². The van der Waals surface area contributed by atoms with Crippen molar-refractivity contribution in [3.8, 4) is 0 Å². The zero-order chi connectivity index (χ0) is 10.0. The van der Waals surface area contributed by atoms with Gasteiger partial charge in [0.25, 0.3) is 0 Å². The van der Waals surface area contributed by atoms with Crippen LogP contribution in [0.1, 0.15) is 13.3 Å². The van der Waals surface area contributed by atoms with Crippen LogP contribution in [0.5, 0.6) is 0 Å². The summed E-state index contributed by atoms with van der Waals surface area (Å²) in [5, 5.41) is 8.65. The summed E-state index contributed by atoms with van der Waals surface area (Å²) in [6.45, 7) is 3.17. The topological polar surface area (TPSA) is 43.8 Å². The van der Waals surface area contributed by atoms with Crippen LogP contribution in [0.4, 0.5) is 0 Å². The van der Waals surface area contributed by atoms with E-state index in [9.17, 15) is 4.79 Å². The van der Waals surface area contributed by atoms with Crippen molar-refractivity contribution in [1.82, 2.24) is 9.62 Å². The summed E-state index contributed by atoms with van der Waals surface area (Å²) in [4.78, 5) is 13.7. The van der Waals surface area contributed by atoms with E-state index in [4.69, 9.17) is 21.1 Å². The lowest BCUT2D eigenvalue weighted by molar-refractivity contribution is -0.138. The number of rotatable bonds is 2. The van der Waals surface area contributed by atoms with E-state index < -0.39 is 5.97 Å². The smallest absolute Gasteiger partial charge is 0.304 e. The first-order chi connectivity index (χ1) is 6.02. The Kier molecular flexibility index (Phi) is 3.39. The number of aliphatic carboxylic acids is 1. The summed E-state index contributed by atoms with van der Waals surface area (Å²) in [7, 11) is 11.3. The molecule has 0 spiro atoms. The van der Waals surface area contributed by atoms with Crippen molar-refractivity contribution in [3.63, 3.8) is 0 Å². The molecule has 68 valence electrons. The van der Waals surface area contributed by atoms with Crippen LogP contribution >= 0.6 is 0 Å². The molecule has 1 rings (SSSR count). The minimum atomic E-state index is -0.845. The maximum Gasteiger partial charge on any atom is 0.304 e. The van der Waals surface area contributed by atoms with Gasteiger partial charge in [-0.05, 0) is 20.0 Å². The van der Waals surface area contributed by atoms with Crippen LogP contribution in [0.25, 0.3) is 0 Å². The van der Waals surface area contributed by atoms with E-state index >= 15 is 0 Å². The van der Waals surface area contributed by atoms with Crippen LogP contribution in [-0.2, 0) is 4.79 Å². The average molecular weight is 178 g/mol. The number of carboxylic acids is 1. The molecule has 0 aromatic heterocycles. The van der Waals surface area contributed by atoms with Crippen LogP contribution in [0.15, 0.2) is 0 Å². The molecule has 0 saturated carbocycles. The Morgan fingerprint density at radius 2 is 2.00 bits per heavy atom. The van der Waals surface area contributed by atoms with E-state index in [0.717, 1.165) is 0 Å². The molecule has 0 bridgehead atoms. The van der Waals surface area contributed by atoms with Crippen LogP contribution in [0.3, 0.4) is 0 Å². The Hall–Kier alpha value is -0.480. The second-order valence-electron chi connectivity index (χ2n) is 3.38. The highest BCUT2D eigenvalue weighted by Crippen LogP contribution is 2.15. The molecule has 0 aromatic rings. The van der Waals surface area contributed by atoms with E-state index in [1.54, 1.807) is 9.62 Å². The first-order valence-electron chi connectivity index (χ1n) is 4.27. The molecular weight excluding hydrogens is 166 g/mol. The highest BCUT2D eigenvalue weighted by atomic mass is 16.4. The molecule has 4 nitrogen and oxygen atoms in total. The Labute approximate surface area is 80.7 Å². The van der Waals surface area contributed by atoms with E-state index in [2.05, 4.69) is 0 Å². The van der Waals surface area contributed by atoms with Crippen molar-refractivity contribution >= 4 is 21.9 Å². The van der Waals surface area contributed by atoms with Gasteiger partial charge in [-0.15, -0.1) is 0 Å². The summed E-state index contributed by atoms with van der Waals surface area (Å²) in [5.74, 6) is -0.845. The fraction of sp³-hybridized carbons (Fsp3) is 0.857. The second-order valence-corrected chi connectivity index (χ2v) is 3.38. The number of nitrogens with zero attached hydrogens (tertiary/aromatic N) is 2. The molecule has 1 fully saturated rings. The first kappa shape index (κ1) is 10.6. The second kappa shape index (κ2) is 4.15. The van der Waals surface area contributed by atoms with Crippen molar-refractivity contribution in [3.05, 3.63) is 0 Å². The molecule has 0 aromatic carbocycles. The summed E-state index contributed by atoms with van der Waals surface area (Å²) < 4.78 is 0. The molecule has 0 aliphatic carbocycles. The van der Waals surface area contributed by atoms with Gasteiger partial charge in [0.15, 0.2) is 16.0 Å². The molecule has 2 unspecified atom stereocenters. The minimum absolute atomic E-state index is 0.0187. The van der Waals surface area contributed by atoms with Gasteiger partial charge in [-0.2, -0.15) is 0 Å². The van der Waals surface area contributed by atoms with Gasteiger partial charge in [0.1, 0.15) is 0 Å². The largest absolute Gasteiger partial charge is 0.481 e. The molecule has 1 N–H and O–H groups in total. The number of hydrogen-bond donors (Lipinski definition) is 1. The monoisotopic (exact) mass is 178 g/mol. The van der Waals surface area contributed by atoms with Gasteiger partial charge in [-0.3, -0.25) is 4.79 Å². The molecule has 13 heavy (non-hydrogen) atoms. The first-order valence-corrected chi connectivity index (χ1v) is 4.27. The van der Waals surface area contributed by atoms with E-state index in [1.807, 2.05) is 6.92 Å². The summed E-state index contributed by atoms with van der Waals surface area (Å²) >= 11 is 0. The quantitative estimate of drug-likeness (QED) is 0.550. The van der Waals surface area contributed by atoms with Gasteiger partial charge in [0.05, 0.1) is 6.42 Å². The molecule has 2 atom stereocenters. The minimum Gasteiger partial charge on any atom is -0.481 e. The van der Waals surface area contributed by atoms with Crippen molar-refractivity contribution in [1.29, 1.82) is 0 Å². The van der Waals surface area contributed by atoms with Crippen LogP contribution in [0, 0.1) is 0 Å². The normalized spacial score (nSPS) is 31.8. The maximum atomic E-state index is 10.5. The summed E-state index contributed by atoms with van der Waals surface area (Å²) in [6, 6.07) is -0.217. The van der Waals surface area contributed by atoms with E-state index in [0.29, 0.717) is 13.1 Å². The molecule has 0 amide bonds. The summed E-state index contributed by atoms with van der Waals surface area (Å²) in [5.41, 5.74) is 0. The number of hydrogen-bond acceptors (Lipinski definition) is 3. The van der Waals surface area contributed by atoms with Crippen LogP contribution in [0.2, 0.25) is 0 Å². The lowest BCUT2D eigenvalue weighted by Crippen LogP contribution is -2.57. The van der Waals surface area contributed by atoms with Gasteiger partial charge in [-0.25, -0.2) is 0 Å². The van der Waals surface area contributed by atoms with E-state index in [1.165, 1.54) is 0 Å². The predicted molar refractivity (Wildman–Crippen MR) is 50.4 cm³/mol. The van der Waals surface area contributed by atoms with Gasteiger partial charge in [0, 0.05) is 12.1 Å². The molecule has 4 radical (unpaired) electrons. The molecule has 1 saturated heterocycles. The van der Waals surface area contributed by atoms with Crippen molar-refractivity contribution < 1.29 is 9.90 Å². The predicted octanol–water partition coefficient (Wildman–Crippen LogP) is -0.997. The zero-order valence-electron chi connectivity index (χ0n) is 7.68. The lowest BCUT2D eigenvalue weighted by Gasteiger charge is -2.43. The van der Waals surface area contributed by atoms with Gasteiger partial charge < -0.3 is 14.7 Å². The molecule has 6 heteroatoms. The van der Waals surface area contributed by atoms with Gasteiger partial charge in [-0.1, -0.05) is 0 Å². The lowest BCUT2D eigenvalue weighted by atomic mass is 9.94. The third-order valence-electron chi connectivity index (χ3n) is 2.51.